The van der Waals surface area contributed by atoms with Crippen molar-refractivity contribution in [3.05, 3.63) is 68.3 Å². The van der Waals surface area contributed by atoms with E-state index in [1.54, 1.807) is 24.3 Å². The first kappa shape index (κ1) is 23.9. The van der Waals surface area contributed by atoms with Gasteiger partial charge in [-0.25, -0.2) is 4.98 Å². The maximum absolute atomic E-state index is 11.9. The number of hydrogen-bond donors (Lipinski definition) is 1. The van der Waals surface area contributed by atoms with E-state index in [9.17, 15) is 10.4 Å². The SMILES string of the molecule is Cc1onc(-c2c(Cl)cccc2Cl)c1CO[C@H]1C[C@H]2CC[C@@H](C1)[C@]2(O)c1nc2ccc(C#N)cc2s1. The molecule has 0 radical (unpaired) electrons. The van der Waals surface area contributed by atoms with Crippen LogP contribution in [0.2, 0.25) is 10.0 Å². The minimum Gasteiger partial charge on any atom is -0.382 e. The van der Waals surface area contributed by atoms with Gasteiger partial charge in [-0.2, -0.15) is 5.26 Å². The number of aryl methyl sites for hydroxylation is 1. The number of thiazole rings is 1. The Morgan fingerprint density at radius 1 is 1.19 bits per heavy atom. The molecular weight excluding hydrogens is 517 g/mol. The molecule has 2 fully saturated rings. The van der Waals surface area contributed by atoms with Crippen molar-refractivity contribution in [3.8, 4) is 17.3 Å². The molecule has 6 rings (SSSR count). The summed E-state index contributed by atoms with van der Waals surface area (Å²) in [5, 5.41) is 27.1. The number of nitrogens with zero attached hydrogens (tertiary/aromatic N) is 3. The molecule has 2 aromatic heterocycles. The minimum atomic E-state index is -0.959. The van der Waals surface area contributed by atoms with Crippen LogP contribution in [0.5, 0.6) is 0 Å². The van der Waals surface area contributed by atoms with Gasteiger partial charge < -0.3 is 14.4 Å². The molecule has 0 saturated heterocycles. The zero-order valence-electron chi connectivity index (χ0n) is 19.5. The number of halogens is 2. The summed E-state index contributed by atoms with van der Waals surface area (Å²) in [6.45, 7) is 2.18. The average Bonchev–Trinajstić information content (AvgIpc) is 3.49. The Hall–Kier alpha value is -2.47. The Balaban J connectivity index is 1.21. The number of fused-ring (bicyclic) bond motifs is 3. The van der Waals surface area contributed by atoms with Crippen LogP contribution in [0, 0.1) is 30.1 Å². The number of rotatable bonds is 5. The molecule has 1 N–H and O–H groups in total. The van der Waals surface area contributed by atoms with Crippen molar-refractivity contribution in [1.82, 2.24) is 10.1 Å². The molecule has 4 aromatic rings. The predicted molar refractivity (Wildman–Crippen MR) is 139 cm³/mol. The van der Waals surface area contributed by atoms with E-state index in [0.717, 1.165) is 46.5 Å². The first-order valence-electron chi connectivity index (χ1n) is 11.9. The van der Waals surface area contributed by atoms with E-state index in [0.29, 0.717) is 39.2 Å². The highest BCUT2D eigenvalue weighted by Gasteiger charge is 2.56. The third-order valence-corrected chi connectivity index (χ3v) is 9.50. The molecule has 2 saturated carbocycles. The molecule has 2 aliphatic rings. The molecule has 0 aliphatic heterocycles. The van der Waals surface area contributed by atoms with Crippen LogP contribution in [0.4, 0.5) is 0 Å². The fourth-order valence-electron chi connectivity index (χ4n) is 5.84. The second kappa shape index (κ2) is 9.13. The lowest BCUT2D eigenvalue weighted by molar-refractivity contribution is -0.116. The summed E-state index contributed by atoms with van der Waals surface area (Å²) in [7, 11) is 0. The lowest BCUT2D eigenvalue weighted by atomic mass is 9.73. The van der Waals surface area contributed by atoms with Gasteiger partial charge in [-0.1, -0.05) is 34.4 Å². The summed E-state index contributed by atoms with van der Waals surface area (Å²) < 4.78 is 12.8. The Bertz CT molecular complexity index is 1470. The number of benzene rings is 2. The standard InChI is InChI=1S/C27H23Cl2N3O3S/c1-14-19(25(32-35-14)24-20(28)3-2-4-21(24)29)13-34-18-10-16-6-7-17(11-18)27(16,33)26-31-22-8-5-15(12-30)9-23(22)36-26/h2-5,8-9,16-18,33H,6-7,10-11,13H2,1H3/t16-,17+,18+,27+. The topological polar surface area (TPSA) is 92.2 Å². The van der Waals surface area contributed by atoms with Crippen molar-refractivity contribution in [2.75, 3.05) is 0 Å². The molecule has 2 bridgehead atoms. The van der Waals surface area contributed by atoms with E-state index in [2.05, 4.69) is 11.2 Å². The third kappa shape index (κ3) is 3.84. The average molecular weight is 540 g/mol. The molecule has 184 valence electrons. The van der Waals surface area contributed by atoms with Crippen molar-refractivity contribution >= 4 is 44.8 Å². The molecular formula is C27H23Cl2N3O3S. The maximum Gasteiger partial charge on any atom is 0.139 e. The molecule has 2 aliphatic carbocycles. The van der Waals surface area contributed by atoms with E-state index in [1.807, 2.05) is 19.1 Å². The van der Waals surface area contributed by atoms with Crippen molar-refractivity contribution in [3.63, 3.8) is 0 Å². The lowest BCUT2D eigenvalue weighted by Gasteiger charge is -2.41. The third-order valence-electron chi connectivity index (χ3n) is 7.71. The fraction of sp³-hybridized carbons (Fsp3) is 0.370. The number of aromatic nitrogens is 2. The highest BCUT2D eigenvalue weighted by molar-refractivity contribution is 7.18. The zero-order valence-corrected chi connectivity index (χ0v) is 21.8. The van der Waals surface area contributed by atoms with Gasteiger partial charge in [-0.3, -0.25) is 0 Å². The van der Waals surface area contributed by atoms with Gasteiger partial charge in [0.05, 0.1) is 44.6 Å². The Morgan fingerprint density at radius 3 is 2.61 bits per heavy atom. The molecule has 4 atom stereocenters. The molecule has 2 aromatic carbocycles. The van der Waals surface area contributed by atoms with Crippen LogP contribution in [0.25, 0.3) is 21.5 Å². The first-order valence-corrected chi connectivity index (χ1v) is 13.5. The fourth-order valence-corrected chi connectivity index (χ4v) is 7.67. The van der Waals surface area contributed by atoms with Crippen LogP contribution in [0.15, 0.2) is 40.9 Å². The van der Waals surface area contributed by atoms with Gasteiger partial charge >= 0.3 is 0 Å². The quantitative estimate of drug-likeness (QED) is 0.292. The minimum absolute atomic E-state index is 0.00575. The van der Waals surface area contributed by atoms with Gasteiger partial charge in [-0.15, -0.1) is 11.3 Å². The highest BCUT2D eigenvalue weighted by Crippen LogP contribution is 2.56. The second-order valence-electron chi connectivity index (χ2n) is 9.68. The summed E-state index contributed by atoms with van der Waals surface area (Å²) >= 11 is 14.3. The predicted octanol–water partition coefficient (Wildman–Crippen LogP) is 7.03. The summed E-state index contributed by atoms with van der Waals surface area (Å²) in [5.74, 6) is 0.805. The summed E-state index contributed by atoms with van der Waals surface area (Å²) in [5.41, 5.74) is 2.55. The summed E-state index contributed by atoms with van der Waals surface area (Å²) in [6.07, 6.45) is 3.38. The second-order valence-corrected chi connectivity index (χ2v) is 11.5. The molecule has 0 unspecified atom stereocenters. The monoisotopic (exact) mass is 539 g/mol. The van der Waals surface area contributed by atoms with Crippen LogP contribution < -0.4 is 0 Å². The highest BCUT2D eigenvalue weighted by atomic mass is 35.5. The van der Waals surface area contributed by atoms with E-state index in [4.69, 9.17) is 37.4 Å². The maximum atomic E-state index is 11.9. The molecule has 0 amide bonds. The molecule has 9 heteroatoms. The van der Waals surface area contributed by atoms with E-state index in [1.165, 1.54) is 11.3 Å². The molecule has 0 spiro atoms. The largest absolute Gasteiger partial charge is 0.382 e. The van der Waals surface area contributed by atoms with Gasteiger partial charge in [0.15, 0.2) is 0 Å². The number of nitriles is 1. The van der Waals surface area contributed by atoms with E-state index in [-0.39, 0.29) is 17.9 Å². The number of hydrogen-bond acceptors (Lipinski definition) is 7. The summed E-state index contributed by atoms with van der Waals surface area (Å²) in [4.78, 5) is 4.78. The van der Waals surface area contributed by atoms with Crippen molar-refractivity contribution < 1.29 is 14.4 Å². The van der Waals surface area contributed by atoms with Gasteiger partial charge in [0.2, 0.25) is 0 Å². The van der Waals surface area contributed by atoms with Crippen molar-refractivity contribution in [1.29, 1.82) is 5.26 Å². The molecule has 2 heterocycles. The Labute approximate surface area is 222 Å². The van der Waals surface area contributed by atoms with Crippen LogP contribution in [-0.2, 0) is 16.9 Å². The van der Waals surface area contributed by atoms with Crippen LogP contribution in [-0.4, -0.2) is 21.4 Å². The van der Waals surface area contributed by atoms with Gasteiger partial charge in [-0.05, 0) is 74.8 Å². The van der Waals surface area contributed by atoms with Crippen molar-refractivity contribution in [2.45, 2.75) is 50.9 Å². The van der Waals surface area contributed by atoms with Gasteiger partial charge in [0.1, 0.15) is 22.1 Å². The zero-order chi connectivity index (χ0) is 25.0. The van der Waals surface area contributed by atoms with Gasteiger partial charge in [0, 0.05) is 11.1 Å². The van der Waals surface area contributed by atoms with Crippen LogP contribution >= 0.6 is 34.5 Å². The Kier molecular flexibility index (Phi) is 6.06. The normalized spacial score (nSPS) is 25.4. The number of ether oxygens (including phenoxy) is 1. The van der Waals surface area contributed by atoms with Gasteiger partial charge in [0.25, 0.3) is 0 Å². The molecule has 36 heavy (non-hydrogen) atoms. The smallest absolute Gasteiger partial charge is 0.139 e. The Morgan fingerprint density at radius 2 is 1.92 bits per heavy atom. The van der Waals surface area contributed by atoms with Crippen molar-refractivity contribution in [2.24, 2.45) is 11.8 Å². The van der Waals surface area contributed by atoms with Crippen LogP contribution in [0.3, 0.4) is 0 Å². The van der Waals surface area contributed by atoms with E-state index >= 15 is 0 Å². The first-order chi connectivity index (χ1) is 17.4. The van der Waals surface area contributed by atoms with Crippen LogP contribution in [0.1, 0.15) is 47.6 Å². The molecule has 6 nitrogen and oxygen atoms in total. The van der Waals surface area contributed by atoms with E-state index < -0.39 is 5.60 Å². The number of aliphatic hydroxyl groups is 1. The summed E-state index contributed by atoms with van der Waals surface area (Å²) in [6, 6.07) is 13.0. The lowest BCUT2D eigenvalue weighted by Crippen LogP contribution is -2.44.